The van der Waals surface area contributed by atoms with Crippen molar-refractivity contribution in [3.63, 3.8) is 0 Å². The van der Waals surface area contributed by atoms with Crippen LogP contribution in [0, 0.1) is 13.8 Å². The molecule has 0 spiro atoms. The van der Waals surface area contributed by atoms with E-state index < -0.39 is 12.1 Å². The first-order chi connectivity index (χ1) is 17.8. The maximum absolute atomic E-state index is 13.0. The first-order valence-corrected chi connectivity index (χ1v) is 13.4. The summed E-state index contributed by atoms with van der Waals surface area (Å²) in [7, 11) is 0. The summed E-state index contributed by atoms with van der Waals surface area (Å²) in [6.45, 7) is 7.67. The summed E-state index contributed by atoms with van der Waals surface area (Å²) in [5.74, 6) is -0.508. The second kappa shape index (κ2) is 11.6. The molecule has 0 radical (unpaired) electrons. The Labute approximate surface area is 221 Å². The first-order valence-electron chi connectivity index (χ1n) is 12.5. The molecule has 1 aliphatic carbocycles. The number of anilines is 2. The number of carbonyl (C=O) groups excluding carboxylic acids is 3. The second-order valence-corrected chi connectivity index (χ2v) is 10.3. The highest BCUT2D eigenvalue weighted by Crippen LogP contribution is 2.38. The number of fused-ring (bicyclic) bond motifs is 1. The van der Waals surface area contributed by atoms with Crippen molar-refractivity contribution in [3.8, 4) is 5.75 Å². The number of hydrogen-bond donors (Lipinski definition) is 2. The van der Waals surface area contributed by atoms with Crippen molar-refractivity contribution >= 4 is 39.8 Å². The lowest BCUT2D eigenvalue weighted by Gasteiger charge is -2.16. The van der Waals surface area contributed by atoms with Gasteiger partial charge in [-0.05, 0) is 94.8 Å². The van der Waals surface area contributed by atoms with Crippen LogP contribution in [0.5, 0.6) is 5.75 Å². The molecular weight excluding hydrogens is 488 g/mol. The number of thiophene rings is 1. The number of nitrogens with one attached hydrogen (secondary N) is 2. The second-order valence-electron chi connectivity index (χ2n) is 9.18. The molecule has 2 N–H and O–H groups in total. The largest absolute Gasteiger partial charge is 0.481 e. The van der Waals surface area contributed by atoms with Crippen LogP contribution < -0.4 is 15.4 Å². The highest BCUT2D eigenvalue weighted by Gasteiger charge is 2.27. The van der Waals surface area contributed by atoms with E-state index in [0.29, 0.717) is 21.9 Å². The van der Waals surface area contributed by atoms with Crippen molar-refractivity contribution in [1.82, 2.24) is 0 Å². The van der Waals surface area contributed by atoms with E-state index in [0.717, 1.165) is 52.9 Å². The van der Waals surface area contributed by atoms with Gasteiger partial charge in [0.05, 0.1) is 12.2 Å². The summed E-state index contributed by atoms with van der Waals surface area (Å²) >= 11 is 1.45. The molecule has 1 aliphatic rings. The average molecular weight is 521 g/mol. The molecular formula is C29H32N2O5S. The molecule has 4 rings (SSSR count). The molecule has 1 aromatic heterocycles. The van der Waals surface area contributed by atoms with E-state index in [9.17, 15) is 14.4 Å². The van der Waals surface area contributed by atoms with Crippen molar-refractivity contribution < 1.29 is 23.9 Å². The van der Waals surface area contributed by atoms with Crippen LogP contribution in [0.25, 0.3) is 0 Å². The number of carbonyl (C=O) groups is 3. The Hall–Kier alpha value is -3.65. The smallest absolute Gasteiger partial charge is 0.341 e. The van der Waals surface area contributed by atoms with Gasteiger partial charge in [-0.3, -0.25) is 9.59 Å². The van der Waals surface area contributed by atoms with E-state index in [1.54, 1.807) is 38.1 Å². The molecule has 0 saturated heterocycles. The molecule has 1 unspecified atom stereocenters. The van der Waals surface area contributed by atoms with Crippen LogP contribution in [-0.2, 0) is 22.4 Å². The van der Waals surface area contributed by atoms with Gasteiger partial charge in [-0.2, -0.15) is 0 Å². The summed E-state index contributed by atoms with van der Waals surface area (Å²) in [5, 5.41) is 6.34. The van der Waals surface area contributed by atoms with Gasteiger partial charge >= 0.3 is 5.97 Å². The molecule has 2 amide bonds. The van der Waals surface area contributed by atoms with Crippen molar-refractivity contribution in [1.29, 1.82) is 0 Å². The molecule has 2 aromatic carbocycles. The lowest BCUT2D eigenvalue weighted by Crippen LogP contribution is -2.30. The molecule has 3 aromatic rings. The molecule has 0 bridgehead atoms. The van der Waals surface area contributed by atoms with Crippen molar-refractivity contribution in [2.45, 2.75) is 59.5 Å². The fourth-order valence-corrected chi connectivity index (χ4v) is 5.65. The Morgan fingerprint density at radius 1 is 1.00 bits per heavy atom. The van der Waals surface area contributed by atoms with E-state index in [1.165, 1.54) is 11.3 Å². The zero-order valence-electron chi connectivity index (χ0n) is 21.6. The van der Waals surface area contributed by atoms with Crippen LogP contribution in [0.4, 0.5) is 10.7 Å². The minimum absolute atomic E-state index is 0.262. The SMILES string of the molecule is CCOC(=O)c1c(NC(=O)c2ccc(OC(C)C(=O)Nc3ccc(C)cc3C)cc2)sc2c1CCCC2. The Balaban J connectivity index is 1.41. The van der Waals surface area contributed by atoms with E-state index in [-0.39, 0.29) is 18.4 Å². The number of esters is 1. The molecule has 1 atom stereocenters. The predicted octanol–water partition coefficient (Wildman–Crippen LogP) is 6.08. The zero-order valence-corrected chi connectivity index (χ0v) is 22.4. The predicted molar refractivity (Wildman–Crippen MR) is 146 cm³/mol. The van der Waals surface area contributed by atoms with Gasteiger partial charge in [0.2, 0.25) is 0 Å². The van der Waals surface area contributed by atoms with E-state index in [2.05, 4.69) is 10.6 Å². The summed E-state index contributed by atoms with van der Waals surface area (Å²) in [5.41, 5.74) is 4.75. The Kier molecular flexibility index (Phi) is 8.28. The Morgan fingerprint density at radius 3 is 2.43 bits per heavy atom. The lowest BCUT2D eigenvalue weighted by molar-refractivity contribution is -0.122. The van der Waals surface area contributed by atoms with Crippen LogP contribution in [0.2, 0.25) is 0 Å². The van der Waals surface area contributed by atoms with Crippen molar-refractivity contribution in [2.75, 3.05) is 17.2 Å². The number of benzene rings is 2. The third-order valence-electron chi connectivity index (χ3n) is 6.32. The van der Waals surface area contributed by atoms with E-state index in [1.807, 2.05) is 32.0 Å². The summed E-state index contributed by atoms with van der Waals surface area (Å²) in [4.78, 5) is 39.4. The Bertz CT molecular complexity index is 1310. The van der Waals surface area contributed by atoms with E-state index in [4.69, 9.17) is 9.47 Å². The van der Waals surface area contributed by atoms with Gasteiger partial charge in [-0.1, -0.05) is 17.7 Å². The van der Waals surface area contributed by atoms with E-state index >= 15 is 0 Å². The molecule has 7 nitrogen and oxygen atoms in total. The number of hydrogen-bond acceptors (Lipinski definition) is 6. The normalized spacial score (nSPS) is 13.3. The van der Waals surface area contributed by atoms with Crippen LogP contribution in [0.1, 0.15) is 69.0 Å². The highest BCUT2D eigenvalue weighted by molar-refractivity contribution is 7.17. The summed E-state index contributed by atoms with van der Waals surface area (Å²) in [6.07, 6.45) is 3.09. The quantitative estimate of drug-likeness (QED) is 0.351. The molecule has 8 heteroatoms. The maximum atomic E-state index is 13.0. The molecule has 1 heterocycles. The summed E-state index contributed by atoms with van der Waals surface area (Å²) in [6, 6.07) is 12.4. The molecule has 0 saturated carbocycles. The van der Waals surface area contributed by atoms with Gasteiger partial charge < -0.3 is 20.1 Å². The molecule has 37 heavy (non-hydrogen) atoms. The third-order valence-corrected chi connectivity index (χ3v) is 7.52. The lowest BCUT2D eigenvalue weighted by atomic mass is 9.95. The van der Waals surface area contributed by atoms with Crippen LogP contribution in [-0.4, -0.2) is 30.5 Å². The Morgan fingerprint density at radius 2 is 1.73 bits per heavy atom. The molecule has 194 valence electrons. The van der Waals surface area contributed by atoms with Gasteiger partial charge in [-0.25, -0.2) is 4.79 Å². The minimum Gasteiger partial charge on any atom is -0.481 e. The highest BCUT2D eigenvalue weighted by atomic mass is 32.1. The maximum Gasteiger partial charge on any atom is 0.341 e. The standard InChI is InChI=1S/C29H32N2O5S/c1-5-35-29(34)25-22-8-6-7-9-24(22)37-28(25)31-27(33)20-11-13-21(14-12-20)36-19(4)26(32)30-23-15-10-17(2)16-18(23)3/h10-16,19H,5-9H2,1-4H3,(H,30,32)(H,31,33). The first kappa shape index (κ1) is 26.4. The van der Waals surface area contributed by atoms with Crippen LogP contribution in [0.15, 0.2) is 42.5 Å². The summed E-state index contributed by atoms with van der Waals surface area (Å²) < 4.78 is 11.1. The number of rotatable bonds is 8. The zero-order chi connectivity index (χ0) is 26.5. The van der Waals surface area contributed by atoms with Gasteiger partial charge in [0.25, 0.3) is 11.8 Å². The fraction of sp³-hybridized carbons (Fsp3) is 0.345. The number of ether oxygens (including phenoxy) is 2. The monoisotopic (exact) mass is 520 g/mol. The van der Waals surface area contributed by atoms with Crippen molar-refractivity contribution in [3.05, 3.63) is 75.2 Å². The third kappa shape index (κ3) is 6.20. The molecule has 0 fully saturated rings. The average Bonchev–Trinajstić information content (AvgIpc) is 3.24. The van der Waals surface area contributed by atoms with Gasteiger partial charge in [0.1, 0.15) is 10.8 Å². The van der Waals surface area contributed by atoms with Gasteiger partial charge in [0.15, 0.2) is 6.10 Å². The number of aryl methyl sites for hydroxylation is 3. The number of amides is 2. The topological polar surface area (TPSA) is 93.7 Å². The van der Waals surface area contributed by atoms with Crippen molar-refractivity contribution in [2.24, 2.45) is 0 Å². The van der Waals surface area contributed by atoms with Crippen LogP contribution in [0.3, 0.4) is 0 Å². The fourth-order valence-electron chi connectivity index (χ4n) is 4.38. The minimum atomic E-state index is -0.732. The van der Waals surface area contributed by atoms with Gasteiger partial charge in [0, 0.05) is 16.1 Å². The van der Waals surface area contributed by atoms with Gasteiger partial charge in [-0.15, -0.1) is 11.3 Å². The van der Waals surface area contributed by atoms with Crippen LogP contribution >= 0.6 is 11.3 Å². The molecule has 0 aliphatic heterocycles.